The van der Waals surface area contributed by atoms with Gasteiger partial charge in [0.25, 0.3) is 0 Å². The monoisotopic (exact) mass is 234 g/mol. The zero-order valence-corrected chi connectivity index (χ0v) is 9.78. The first-order valence-corrected chi connectivity index (χ1v) is 5.94. The molecule has 1 fully saturated rings. The van der Waals surface area contributed by atoms with Crippen LogP contribution < -0.4 is 16.4 Å². The molecule has 5 heteroatoms. The summed E-state index contributed by atoms with van der Waals surface area (Å²) in [6.45, 7) is 2.39. The minimum absolute atomic E-state index is 0.142. The molecule has 0 saturated carbocycles. The van der Waals surface area contributed by atoms with Crippen LogP contribution in [0.3, 0.4) is 0 Å². The van der Waals surface area contributed by atoms with E-state index < -0.39 is 0 Å². The minimum Gasteiger partial charge on any atom is -0.384 e. The number of piperidine rings is 1. The highest BCUT2D eigenvalue weighted by molar-refractivity contribution is 5.78. The summed E-state index contributed by atoms with van der Waals surface area (Å²) < 4.78 is 0. The summed E-state index contributed by atoms with van der Waals surface area (Å²) >= 11 is 0. The number of nitrogens with one attached hydrogen (secondary N) is 2. The molecule has 2 heterocycles. The van der Waals surface area contributed by atoms with Gasteiger partial charge in [-0.1, -0.05) is 6.07 Å². The van der Waals surface area contributed by atoms with Crippen LogP contribution in [-0.2, 0) is 11.3 Å². The molecule has 17 heavy (non-hydrogen) atoms. The molecule has 1 aliphatic heterocycles. The van der Waals surface area contributed by atoms with Crippen molar-refractivity contribution in [2.45, 2.75) is 19.4 Å². The number of hydrogen-bond acceptors (Lipinski definition) is 4. The van der Waals surface area contributed by atoms with Crippen LogP contribution in [0.1, 0.15) is 18.4 Å². The van der Waals surface area contributed by atoms with Gasteiger partial charge < -0.3 is 16.4 Å². The van der Waals surface area contributed by atoms with Crippen molar-refractivity contribution in [1.29, 1.82) is 0 Å². The number of nitrogens with zero attached hydrogens (tertiary/aromatic N) is 1. The van der Waals surface area contributed by atoms with E-state index in [-0.39, 0.29) is 11.8 Å². The molecule has 92 valence electrons. The van der Waals surface area contributed by atoms with E-state index >= 15 is 0 Å². The molecule has 1 aromatic heterocycles. The van der Waals surface area contributed by atoms with Gasteiger partial charge >= 0.3 is 0 Å². The molecule has 1 aromatic rings. The average Bonchev–Trinajstić information content (AvgIpc) is 2.39. The first-order chi connectivity index (χ1) is 8.25. The van der Waals surface area contributed by atoms with E-state index in [1.54, 1.807) is 12.3 Å². The van der Waals surface area contributed by atoms with Gasteiger partial charge in [0.1, 0.15) is 5.82 Å². The van der Waals surface area contributed by atoms with Crippen molar-refractivity contribution in [3.8, 4) is 0 Å². The summed E-state index contributed by atoms with van der Waals surface area (Å²) in [4.78, 5) is 15.8. The molecular weight excluding hydrogens is 216 g/mol. The molecule has 1 amide bonds. The molecular formula is C12H18N4O. The fraction of sp³-hybridized carbons (Fsp3) is 0.500. The van der Waals surface area contributed by atoms with Crippen LogP contribution in [0, 0.1) is 5.92 Å². The Morgan fingerprint density at radius 2 is 2.24 bits per heavy atom. The molecule has 1 saturated heterocycles. The standard InChI is InChI=1S/C12H18N4O/c13-11-2-1-9(7-15-11)8-16-12(17)10-3-5-14-6-4-10/h1-2,7,10,14H,3-6,8H2,(H2,13,15)(H,16,17). The van der Waals surface area contributed by atoms with Gasteiger partial charge in [0.15, 0.2) is 0 Å². The maximum atomic E-state index is 11.9. The van der Waals surface area contributed by atoms with Gasteiger partial charge in [-0.05, 0) is 37.6 Å². The number of hydrogen-bond donors (Lipinski definition) is 3. The fourth-order valence-corrected chi connectivity index (χ4v) is 1.96. The van der Waals surface area contributed by atoms with E-state index in [1.165, 1.54) is 0 Å². The molecule has 0 atom stereocenters. The topological polar surface area (TPSA) is 80.0 Å². The zero-order chi connectivity index (χ0) is 12.1. The lowest BCUT2D eigenvalue weighted by molar-refractivity contribution is -0.125. The van der Waals surface area contributed by atoms with E-state index in [9.17, 15) is 4.79 Å². The Morgan fingerprint density at radius 3 is 2.88 bits per heavy atom. The first kappa shape index (κ1) is 11.9. The van der Waals surface area contributed by atoms with E-state index in [2.05, 4.69) is 15.6 Å². The summed E-state index contributed by atoms with van der Waals surface area (Å²) in [6.07, 6.45) is 3.54. The summed E-state index contributed by atoms with van der Waals surface area (Å²) in [7, 11) is 0. The smallest absolute Gasteiger partial charge is 0.223 e. The summed E-state index contributed by atoms with van der Waals surface area (Å²) in [5, 5.41) is 6.19. The first-order valence-electron chi connectivity index (χ1n) is 5.94. The zero-order valence-electron chi connectivity index (χ0n) is 9.78. The Morgan fingerprint density at radius 1 is 1.47 bits per heavy atom. The highest BCUT2D eigenvalue weighted by Crippen LogP contribution is 2.11. The van der Waals surface area contributed by atoms with E-state index in [1.807, 2.05) is 6.07 Å². The predicted molar refractivity (Wildman–Crippen MR) is 66.1 cm³/mol. The molecule has 2 rings (SSSR count). The van der Waals surface area contributed by atoms with Gasteiger partial charge in [0, 0.05) is 18.7 Å². The number of carbonyl (C=O) groups excluding carboxylic acids is 1. The highest BCUT2D eigenvalue weighted by Gasteiger charge is 2.20. The molecule has 0 radical (unpaired) electrons. The number of pyridine rings is 1. The number of nitrogen functional groups attached to an aromatic ring is 1. The Balaban J connectivity index is 1.81. The number of anilines is 1. The van der Waals surface area contributed by atoms with Gasteiger partial charge in [-0.15, -0.1) is 0 Å². The van der Waals surface area contributed by atoms with Gasteiger partial charge in [0.05, 0.1) is 0 Å². The van der Waals surface area contributed by atoms with Crippen molar-refractivity contribution >= 4 is 11.7 Å². The van der Waals surface area contributed by atoms with Crippen LogP contribution in [0.15, 0.2) is 18.3 Å². The number of nitrogens with two attached hydrogens (primary N) is 1. The second-order valence-corrected chi connectivity index (χ2v) is 4.33. The SMILES string of the molecule is Nc1ccc(CNC(=O)C2CCNCC2)cn1. The number of carbonyl (C=O) groups is 1. The van der Waals surface area contributed by atoms with Crippen LogP contribution in [0.5, 0.6) is 0 Å². The Labute approximate surface area is 101 Å². The third-order valence-corrected chi connectivity index (χ3v) is 3.02. The predicted octanol–water partition coefficient (Wildman–Crippen LogP) is 0.280. The molecule has 1 aliphatic rings. The maximum Gasteiger partial charge on any atom is 0.223 e. The van der Waals surface area contributed by atoms with E-state index in [4.69, 9.17) is 5.73 Å². The van der Waals surface area contributed by atoms with Crippen molar-refractivity contribution in [1.82, 2.24) is 15.6 Å². The molecule has 5 nitrogen and oxygen atoms in total. The quantitative estimate of drug-likeness (QED) is 0.702. The van der Waals surface area contributed by atoms with Crippen LogP contribution in [0.2, 0.25) is 0 Å². The van der Waals surface area contributed by atoms with Crippen LogP contribution in [0.25, 0.3) is 0 Å². The molecule has 0 bridgehead atoms. The highest BCUT2D eigenvalue weighted by atomic mass is 16.1. The number of rotatable bonds is 3. The van der Waals surface area contributed by atoms with Crippen molar-refractivity contribution in [2.75, 3.05) is 18.8 Å². The lowest BCUT2D eigenvalue weighted by Crippen LogP contribution is -2.37. The van der Waals surface area contributed by atoms with Gasteiger partial charge in [-0.2, -0.15) is 0 Å². The van der Waals surface area contributed by atoms with E-state index in [0.29, 0.717) is 12.4 Å². The molecule has 0 aromatic carbocycles. The average molecular weight is 234 g/mol. The van der Waals surface area contributed by atoms with E-state index in [0.717, 1.165) is 31.5 Å². The summed E-state index contributed by atoms with van der Waals surface area (Å²) in [5.74, 6) is 0.791. The Hall–Kier alpha value is -1.62. The Kier molecular flexibility index (Phi) is 3.93. The third kappa shape index (κ3) is 3.42. The van der Waals surface area contributed by atoms with Crippen molar-refractivity contribution in [2.24, 2.45) is 5.92 Å². The van der Waals surface area contributed by atoms with Crippen molar-refractivity contribution < 1.29 is 4.79 Å². The molecule has 0 aliphatic carbocycles. The van der Waals surface area contributed by atoms with Crippen LogP contribution >= 0.6 is 0 Å². The second kappa shape index (κ2) is 5.63. The molecule has 4 N–H and O–H groups in total. The van der Waals surface area contributed by atoms with Crippen LogP contribution in [-0.4, -0.2) is 24.0 Å². The largest absolute Gasteiger partial charge is 0.384 e. The van der Waals surface area contributed by atoms with Gasteiger partial charge in [-0.3, -0.25) is 4.79 Å². The normalized spacial score (nSPS) is 16.7. The van der Waals surface area contributed by atoms with Gasteiger partial charge in [-0.25, -0.2) is 4.98 Å². The summed E-state index contributed by atoms with van der Waals surface area (Å²) in [5.41, 5.74) is 6.47. The second-order valence-electron chi connectivity index (χ2n) is 4.33. The van der Waals surface area contributed by atoms with Crippen LogP contribution in [0.4, 0.5) is 5.82 Å². The maximum absolute atomic E-state index is 11.9. The minimum atomic E-state index is 0.142. The number of amides is 1. The molecule has 0 spiro atoms. The van der Waals surface area contributed by atoms with Crippen molar-refractivity contribution in [3.63, 3.8) is 0 Å². The lowest BCUT2D eigenvalue weighted by atomic mass is 9.97. The van der Waals surface area contributed by atoms with Crippen molar-refractivity contribution in [3.05, 3.63) is 23.9 Å². The van der Waals surface area contributed by atoms with Gasteiger partial charge in [0.2, 0.25) is 5.91 Å². The summed E-state index contributed by atoms with van der Waals surface area (Å²) in [6, 6.07) is 3.62. The number of aromatic nitrogens is 1. The molecule has 0 unspecified atom stereocenters. The third-order valence-electron chi connectivity index (χ3n) is 3.02. The fourth-order valence-electron chi connectivity index (χ4n) is 1.96. The lowest BCUT2D eigenvalue weighted by Gasteiger charge is -2.21. The Bertz CT molecular complexity index is 371.